The number of rotatable bonds is 4. The Morgan fingerprint density at radius 2 is 1.76 bits per heavy atom. The van der Waals surface area contributed by atoms with E-state index in [0.29, 0.717) is 12.6 Å². The molecule has 0 amide bonds. The van der Waals surface area contributed by atoms with E-state index in [0.717, 1.165) is 19.5 Å². The van der Waals surface area contributed by atoms with E-state index in [4.69, 9.17) is 5.73 Å². The molecule has 0 spiro atoms. The highest BCUT2D eigenvalue weighted by Gasteiger charge is 2.16. The van der Waals surface area contributed by atoms with E-state index in [-0.39, 0.29) is 0 Å². The fraction of sp³-hybridized carbons (Fsp3) is 0.571. The number of nitrogens with two attached hydrogens (primary N) is 1. The number of hydrogen-bond donors (Lipinski definition) is 2. The van der Waals surface area contributed by atoms with E-state index in [1.165, 1.54) is 24.2 Å². The van der Waals surface area contributed by atoms with E-state index in [1.807, 2.05) is 0 Å². The highest BCUT2D eigenvalue weighted by atomic mass is 15.2. The Kier molecular flexibility index (Phi) is 4.54. The Morgan fingerprint density at radius 3 is 2.35 bits per heavy atom. The van der Waals surface area contributed by atoms with Gasteiger partial charge in [0.1, 0.15) is 0 Å². The minimum atomic E-state index is 0.626. The molecule has 1 aromatic rings. The molecule has 0 saturated carbocycles. The predicted octanol–water partition coefficient (Wildman–Crippen LogP) is 0.982. The summed E-state index contributed by atoms with van der Waals surface area (Å²) in [7, 11) is 0. The Morgan fingerprint density at radius 1 is 1.18 bits per heavy atom. The van der Waals surface area contributed by atoms with Crippen molar-refractivity contribution in [2.24, 2.45) is 5.73 Å². The molecule has 0 aromatic heterocycles. The maximum absolute atomic E-state index is 5.60. The first-order chi connectivity index (χ1) is 8.29. The summed E-state index contributed by atoms with van der Waals surface area (Å²) >= 11 is 0. The molecule has 1 aliphatic rings. The van der Waals surface area contributed by atoms with E-state index in [2.05, 4.69) is 41.4 Å². The zero-order chi connectivity index (χ0) is 12.1. The van der Waals surface area contributed by atoms with Gasteiger partial charge in [-0.1, -0.05) is 24.3 Å². The van der Waals surface area contributed by atoms with Crippen molar-refractivity contribution in [3.05, 3.63) is 35.4 Å². The van der Waals surface area contributed by atoms with Crippen LogP contribution in [0.5, 0.6) is 0 Å². The highest BCUT2D eigenvalue weighted by molar-refractivity contribution is 5.23. The molecule has 0 aliphatic carbocycles. The van der Waals surface area contributed by atoms with Gasteiger partial charge in [0.25, 0.3) is 0 Å². The average molecular weight is 233 g/mol. The van der Waals surface area contributed by atoms with Crippen LogP contribution in [0.15, 0.2) is 24.3 Å². The third-order valence-electron chi connectivity index (χ3n) is 3.56. The summed E-state index contributed by atoms with van der Waals surface area (Å²) in [6, 6.07) is 9.32. The molecule has 1 aromatic carbocycles. The van der Waals surface area contributed by atoms with Crippen molar-refractivity contribution >= 4 is 0 Å². The lowest BCUT2D eigenvalue weighted by atomic mass is 10.0. The fourth-order valence-corrected chi connectivity index (χ4v) is 2.40. The normalized spacial score (nSPS) is 19.2. The molecule has 0 bridgehead atoms. The number of nitrogens with zero attached hydrogens (tertiary/aromatic N) is 1. The van der Waals surface area contributed by atoms with Gasteiger partial charge in [-0.2, -0.15) is 0 Å². The van der Waals surface area contributed by atoms with Gasteiger partial charge in [-0.25, -0.2) is 0 Å². The van der Waals surface area contributed by atoms with Gasteiger partial charge in [0.15, 0.2) is 0 Å². The van der Waals surface area contributed by atoms with Gasteiger partial charge in [0, 0.05) is 38.8 Å². The molecule has 3 nitrogen and oxygen atoms in total. The van der Waals surface area contributed by atoms with Gasteiger partial charge in [-0.3, -0.25) is 4.90 Å². The summed E-state index contributed by atoms with van der Waals surface area (Å²) < 4.78 is 0. The van der Waals surface area contributed by atoms with Crippen LogP contribution in [0.4, 0.5) is 0 Å². The summed E-state index contributed by atoms with van der Waals surface area (Å²) in [5.41, 5.74) is 8.22. The van der Waals surface area contributed by atoms with Crippen LogP contribution in [-0.4, -0.2) is 37.1 Å². The second-order valence-corrected chi connectivity index (χ2v) is 4.86. The van der Waals surface area contributed by atoms with Crippen LogP contribution in [0.3, 0.4) is 0 Å². The zero-order valence-corrected chi connectivity index (χ0v) is 10.7. The molecule has 3 N–H and O–H groups in total. The Bertz CT molecular complexity index is 328. The monoisotopic (exact) mass is 233 g/mol. The minimum absolute atomic E-state index is 0.626. The van der Waals surface area contributed by atoms with Crippen LogP contribution in [0, 0.1) is 0 Å². The second kappa shape index (κ2) is 6.15. The molecule has 1 saturated heterocycles. The molecule has 94 valence electrons. The van der Waals surface area contributed by atoms with Gasteiger partial charge in [0.05, 0.1) is 0 Å². The third kappa shape index (κ3) is 3.53. The minimum Gasteiger partial charge on any atom is -0.326 e. The van der Waals surface area contributed by atoms with Crippen molar-refractivity contribution in [3.63, 3.8) is 0 Å². The van der Waals surface area contributed by atoms with Crippen molar-refractivity contribution in [1.82, 2.24) is 10.2 Å². The maximum Gasteiger partial charge on any atom is 0.0178 e. The average Bonchev–Trinajstić information content (AvgIpc) is 2.40. The first kappa shape index (κ1) is 12.6. The third-order valence-corrected chi connectivity index (χ3v) is 3.56. The highest BCUT2D eigenvalue weighted by Crippen LogP contribution is 2.11. The first-order valence-electron chi connectivity index (χ1n) is 6.52. The first-order valence-corrected chi connectivity index (χ1v) is 6.52. The Hall–Kier alpha value is -0.900. The summed E-state index contributed by atoms with van der Waals surface area (Å²) in [4.78, 5) is 2.56. The molecule has 1 aliphatic heterocycles. The van der Waals surface area contributed by atoms with Crippen LogP contribution in [-0.2, 0) is 13.0 Å². The lowest BCUT2D eigenvalue weighted by Gasteiger charge is -2.32. The van der Waals surface area contributed by atoms with E-state index in [9.17, 15) is 0 Å². The van der Waals surface area contributed by atoms with E-state index in [1.54, 1.807) is 0 Å². The topological polar surface area (TPSA) is 41.3 Å². The zero-order valence-electron chi connectivity index (χ0n) is 10.7. The van der Waals surface area contributed by atoms with Gasteiger partial charge in [0.2, 0.25) is 0 Å². The standard InChI is InChI=1S/C14H23N3/c1-12(17-8-6-16-7-9-17)10-13-2-4-14(11-15)5-3-13/h2-5,12,16H,6-11,15H2,1H3. The summed E-state index contributed by atoms with van der Waals surface area (Å²) in [6.07, 6.45) is 1.13. The van der Waals surface area contributed by atoms with Crippen LogP contribution >= 0.6 is 0 Å². The van der Waals surface area contributed by atoms with Gasteiger partial charge in [-0.15, -0.1) is 0 Å². The molecule has 17 heavy (non-hydrogen) atoms. The van der Waals surface area contributed by atoms with Crippen molar-refractivity contribution in [2.75, 3.05) is 26.2 Å². The van der Waals surface area contributed by atoms with E-state index < -0.39 is 0 Å². The van der Waals surface area contributed by atoms with Gasteiger partial charge >= 0.3 is 0 Å². The maximum atomic E-state index is 5.60. The Labute approximate surface area is 104 Å². The number of benzene rings is 1. The summed E-state index contributed by atoms with van der Waals surface area (Å²) in [5.74, 6) is 0. The lowest BCUT2D eigenvalue weighted by molar-refractivity contribution is 0.183. The molecule has 1 atom stereocenters. The molecule has 2 rings (SSSR count). The SMILES string of the molecule is CC(Cc1ccc(CN)cc1)N1CCNCC1. The van der Waals surface area contributed by atoms with Crippen LogP contribution < -0.4 is 11.1 Å². The molecule has 1 fully saturated rings. The predicted molar refractivity (Wildman–Crippen MR) is 71.9 cm³/mol. The van der Waals surface area contributed by atoms with Crippen LogP contribution in [0.2, 0.25) is 0 Å². The van der Waals surface area contributed by atoms with Crippen molar-refractivity contribution in [1.29, 1.82) is 0 Å². The van der Waals surface area contributed by atoms with Crippen molar-refractivity contribution in [2.45, 2.75) is 25.9 Å². The van der Waals surface area contributed by atoms with Crippen LogP contribution in [0.25, 0.3) is 0 Å². The molecular formula is C14H23N3. The van der Waals surface area contributed by atoms with E-state index >= 15 is 0 Å². The Balaban J connectivity index is 1.89. The van der Waals surface area contributed by atoms with Gasteiger partial charge < -0.3 is 11.1 Å². The summed E-state index contributed by atoms with van der Waals surface area (Å²) in [6.45, 7) is 7.53. The second-order valence-electron chi connectivity index (χ2n) is 4.86. The van der Waals surface area contributed by atoms with Crippen LogP contribution in [0.1, 0.15) is 18.1 Å². The smallest absolute Gasteiger partial charge is 0.0178 e. The molecular weight excluding hydrogens is 210 g/mol. The molecule has 1 unspecified atom stereocenters. The largest absolute Gasteiger partial charge is 0.326 e. The number of nitrogens with one attached hydrogen (secondary N) is 1. The number of hydrogen-bond acceptors (Lipinski definition) is 3. The molecule has 1 heterocycles. The fourth-order valence-electron chi connectivity index (χ4n) is 2.40. The number of piperazine rings is 1. The summed E-state index contributed by atoms with van der Waals surface area (Å²) in [5, 5.41) is 3.39. The lowest BCUT2D eigenvalue weighted by Crippen LogP contribution is -2.48. The molecule has 0 radical (unpaired) electrons. The molecule has 3 heteroatoms. The van der Waals surface area contributed by atoms with Crippen molar-refractivity contribution < 1.29 is 0 Å². The quantitative estimate of drug-likeness (QED) is 0.814. The van der Waals surface area contributed by atoms with Crippen molar-refractivity contribution in [3.8, 4) is 0 Å². The van der Waals surface area contributed by atoms with Gasteiger partial charge in [-0.05, 0) is 24.5 Å².